The zero-order chi connectivity index (χ0) is 24.2. The first kappa shape index (κ1) is 25.8. The van der Waals surface area contributed by atoms with Crippen molar-refractivity contribution in [3.8, 4) is 0 Å². The molecule has 33 heavy (non-hydrogen) atoms. The maximum Gasteiger partial charge on any atom is 0.343 e. The van der Waals surface area contributed by atoms with E-state index in [1.54, 1.807) is 6.08 Å². The van der Waals surface area contributed by atoms with Crippen molar-refractivity contribution in [2.75, 3.05) is 24.5 Å². The summed E-state index contributed by atoms with van der Waals surface area (Å²) in [7, 11) is 0. The molecule has 0 saturated heterocycles. The fourth-order valence-electron chi connectivity index (χ4n) is 3.48. The molecule has 6 nitrogen and oxygen atoms in total. The van der Waals surface area contributed by atoms with Crippen molar-refractivity contribution in [2.24, 2.45) is 0 Å². The minimum atomic E-state index is -0.363. The third-order valence-electron chi connectivity index (χ3n) is 5.28. The number of hydrogen-bond donors (Lipinski definition) is 1. The molecule has 0 saturated carbocycles. The summed E-state index contributed by atoms with van der Waals surface area (Å²) < 4.78 is 7.64. The molecule has 3 aromatic rings. The van der Waals surface area contributed by atoms with E-state index in [0.29, 0.717) is 30.7 Å². The SMILES string of the molecule is CC.CCC(=O)NCC[n+]1ccccc1/C=C/c1cc2ccc(N(CC)CC)cc2oc1=O. The van der Waals surface area contributed by atoms with E-state index in [4.69, 9.17) is 4.42 Å². The van der Waals surface area contributed by atoms with Gasteiger partial charge in [-0.2, -0.15) is 4.57 Å². The van der Waals surface area contributed by atoms with Gasteiger partial charge < -0.3 is 14.6 Å². The van der Waals surface area contributed by atoms with Crippen LogP contribution in [0.2, 0.25) is 0 Å². The van der Waals surface area contributed by atoms with Crippen LogP contribution >= 0.6 is 0 Å². The topological polar surface area (TPSA) is 66.4 Å². The second-order valence-corrected chi connectivity index (χ2v) is 7.24. The fraction of sp³-hybridized carbons (Fsp3) is 0.370. The predicted molar refractivity (Wildman–Crippen MR) is 136 cm³/mol. The summed E-state index contributed by atoms with van der Waals surface area (Å²) in [5, 5.41) is 3.77. The molecule has 1 N–H and O–H groups in total. The number of hydrogen-bond acceptors (Lipinski definition) is 4. The summed E-state index contributed by atoms with van der Waals surface area (Å²) >= 11 is 0. The number of pyridine rings is 1. The van der Waals surface area contributed by atoms with Crippen LogP contribution in [-0.4, -0.2) is 25.5 Å². The molecular formula is C27H36N3O3+. The number of carbonyl (C=O) groups is 1. The summed E-state index contributed by atoms with van der Waals surface area (Å²) in [5.41, 5.74) is 2.71. The van der Waals surface area contributed by atoms with Crippen molar-refractivity contribution in [2.45, 2.75) is 47.6 Å². The maximum absolute atomic E-state index is 12.6. The Kier molecular flexibility index (Phi) is 10.3. The number of nitrogens with one attached hydrogen (secondary N) is 1. The lowest BCUT2D eigenvalue weighted by Gasteiger charge is -2.20. The monoisotopic (exact) mass is 450 g/mol. The summed E-state index contributed by atoms with van der Waals surface area (Å²) in [4.78, 5) is 26.2. The highest BCUT2D eigenvalue weighted by Crippen LogP contribution is 2.22. The minimum absolute atomic E-state index is 0.0338. The summed E-state index contributed by atoms with van der Waals surface area (Å²) in [6, 6.07) is 13.7. The molecule has 1 amide bonds. The van der Waals surface area contributed by atoms with Crippen LogP contribution in [0.15, 0.2) is 57.9 Å². The van der Waals surface area contributed by atoms with Crippen LogP contribution in [-0.2, 0) is 11.3 Å². The largest absolute Gasteiger partial charge is 0.422 e. The Morgan fingerprint density at radius 2 is 1.82 bits per heavy atom. The van der Waals surface area contributed by atoms with E-state index >= 15 is 0 Å². The van der Waals surface area contributed by atoms with Crippen LogP contribution in [0.4, 0.5) is 5.69 Å². The number of anilines is 1. The van der Waals surface area contributed by atoms with Crippen molar-refractivity contribution in [3.63, 3.8) is 0 Å². The van der Waals surface area contributed by atoms with E-state index in [1.807, 2.05) is 74.0 Å². The molecule has 0 aliphatic heterocycles. The highest BCUT2D eigenvalue weighted by atomic mass is 16.4. The molecule has 2 aromatic heterocycles. The van der Waals surface area contributed by atoms with E-state index in [2.05, 4.69) is 30.1 Å². The quantitative estimate of drug-likeness (QED) is 0.381. The smallest absolute Gasteiger partial charge is 0.343 e. The van der Waals surface area contributed by atoms with E-state index in [9.17, 15) is 9.59 Å². The first-order chi connectivity index (χ1) is 16.0. The minimum Gasteiger partial charge on any atom is -0.422 e. The van der Waals surface area contributed by atoms with E-state index in [1.165, 1.54) is 0 Å². The molecule has 0 atom stereocenters. The van der Waals surface area contributed by atoms with Gasteiger partial charge in [-0.1, -0.05) is 20.8 Å². The standard InChI is InChI=1S/C25H29N3O3.C2H6/c1-4-24(29)26-14-16-28-15-8-7-9-21(28)12-11-20-17-19-10-13-22(27(5-2)6-3)18-23(19)31-25(20)30;1-2/h7-13,15,17-18H,4-6,14,16H2,1-3H3;1-2H3/p+1. The Labute approximate surface area is 196 Å². The summed E-state index contributed by atoms with van der Waals surface area (Å²) in [6.07, 6.45) is 6.10. The number of rotatable bonds is 9. The van der Waals surface area contributed by atoms with E-state index in [-0.39, 0.29) is 11.5 Å². The van der Waals surface area contributed by atoms with Crippen molar-refractivity contribution in [1.82, 2.24) is 5.32 Å². The normalized spacial score (nSPS) is 10.7. The molecule has 6 heteroatoms. The van der Waals surface area contributed by atoms with Gasteiger partial charge in [-0.05, 0) is 44.2 Å². The molecule has 1 aromatic carbocycles. The van der Waals surface area contributed by atoms with Crippen LogP contribution in [0.3, 0.4) is 0 Å². The highest BCUT2D eigenvalue weighted by Gasteiger charge is 2.10. The van der Waals surface area contributed by atoms with E-state index < -0.39 is 0 Å². The Bertz CT molecular complexity index is 1130. The summed E-state index contributed by atoms with van der Waals surface area (Å²) in [5.74, 6) is 0.0338. The number of fused-ring (bicyclic) bond motifs is 1. The Hall–Kier alpha value is -3.41. The molecule has 3 rings (SSSR count). The average molecular weight is 451 g/mol. The number of nitrogens with zero attached hydrogens (tertiary/aromatic N) is 2. The second kappa shape index (κ2) is 13.2. The van der Waals surface area contributed by atoms with E-state index in [0.717, 1.165) is 29.9 Å². The average Bonchev–Trinajstić information content (AvgIpc) is 2.85. The van der Waals surface area contributed by atoms with Crippen LogP contribution in [0.1, 0.15) is 52.3 Å². The summed E-state index contributed by atoms with van der Waals surface area (Å²) in [6.45, 7) is 13.0. The highest BCUT2D eigenvalue weighted by molar-refractivity contribution is 5.83. The van der Waals surface area contributed by atoms with Crippen molar-refractivity contribution < 1.29 is 13.8 Å². The van der Waals surface area contributed by atoms with Crippen LogP contribution in [0.25, 0.3) is 23.1 Å². The Morgan fingerprint density at radius 3 is 2.52 bits per heavy atom. The molecule has 0 bridgehead atoms. The van der Waals surface area contributed by atoms with Gasteiger partial charge in [0.1, 0.15) is 5.58 Å². The van der Waals surface area contributed by atoms with Crippen molar-refractivity contribution in [3.05, 3.63) is 70.3 Å². The lowest BCUT2D eigenvalue weighted by molar-refractivity contribution is -0.696. The third-order valence-corrected chi connectivity index (χ3v) is 5.28. The van der Waals surface area contributed by atoms with Gasteiger partial charge in [-0.15, -0.1) is 0 Å². The lowest BCUT2D eigenvalue weighted by Crippen LogP contribution is -2.42. The van der Waals surface area contributed by atoms with Crippen molar-refractivity contribution >= 4 is 34.7 Å². The zero-order valence-corrected chi connectivity index (χ0v) is 20.4. The van der Waals surface area contributed by atoms with Crippen molar-refractivity contribution in [1.29, 1.82) is 0 Å². The first-order valence-corrected chi connectivity index (χ1v) is 11.8. The molecule has 0 fully saturated rings. The first-order valence-electron chi connectivity index (χ1n) is 11.8. The predicted octanol–water partition coefficient (Wildman–Crippen LogP) is 4.65. The van der Waals surface area contributed by atoms with Gasteiger partial charge in [0, 0.05) is 54.9 Å². The van der Waals surface area contributed by atoms with Gasteiger partial charge in [0.15, 0.2) is 12.7 Å². The van der Waals surface area contributed by atoms with Gasteiger partial charge in [-0.3, -0.25) is 4.79 Å². The second-order valence-electron chi connectivity index (χ2n) is 7.24. The molecular weight excluding hydrogens is 414 g/mol. The number of carbonyl (C=O) groups excluding carboxylic acids is 1. The maximum atomic E-state index is 12.6. The molecule has 0 unspecified atom stereocenters. The molecule has 0 radical (unpaired) electrons. The molecule has 2 heterocycles. The molecule has 0 aliphatic carbocycles. The van der Waals surface area contributed by atoms with Crippen LogP contribution in [0, 0.1) is 0 Å². The lowest BCUT2D eigenvalue weighted by atomic mass is 10.1. The Balaban J connectivity index is 0.00000187. The number of aromatic nitrogens is 1. The third kappa shape index (κ3) is 7.04. The molecule has 0 aliphatic rings. The van der Waals surface area contributed by atoms with Crippen LogP contribution < -0.4 is 20.4 Å². The molecule has 176 valence electrons. The Morgan fingerprint density at radius 1 is 1.06 bits per heavy atom. The van der Waals surface area contributed by atoms with Gasteiger partial charge in [0.05, 0.1) is 12.1 Å². The van der Waals surface area contributed by atoms with Gasteiger partial charge in [-0.25, -0.2) is 4.79 Å². The number of benzene rings is 1. The van der Waals surface area contributed by atoms with Crippen LogP contribution in [0.5, 0.6) is 0 Å². The zero-order valence-electron chi connectivity index (χ0n) is 20.4. The van der Waals surface area contributed by atoms with Gasteiger partial charge in [0.2, 0.25) is 11.6 Å². The fourth-order valence-corrected chi connectivity index (χ4v) is 3.48. The number of amides is 1. The van der Waals surface area contributed by atoms with Gasteiger partial charge >= 0.3 is 5.63 Å². The molecule has 0 spiro atoms. The van der Waals surface area contributed by atoms with Gasteiger partial charge in [0.25, 0.3) is 0 Å².